The summed E-state index contributed by atoms with van der Waals surface area (Å²) >= 11 is 0. The van der Waals surface area contributed by atoms with Gasteiger partial charge in [0.05, 0.1) is 6.10 Å². The van der Waals surface area contributed by atoms with Crippen molar-refractivity contribution in [3.8, 4) is 0 Å². The lowest BCUT2D eigenvalue weighted by Gasteiger charge is -2.25. The number of hydrogen-bond donors (Lipinski definition) is 1. The lowest BCUT2D eigenvalue weighted by molar-refractivity contribution is 0.109. The minimum absolute atomic E-state index is 0.0677. The predicted molar refractivity (Wildman–Crippen MR) is 70.4 cm³/mol. The van der Waals surface area contributed by atoms with Crippen molar-refractivity contribution in [1.29, 1.82) is 0 Å². The molecule has 0 atom stereocenters. The second-order valence-electron chi connectivity index (χ2n) is 5.41. The Bertz CT molecular complexity index is 538. The molecule has 0 amide bonds. The van der Waals surface area contributed by atoms with Crippen LogP contribution in [0.3, 0.4) is 0 Å². The minimum atomic E-state index is -0.0677. The third-order valence-electron chi connectivity index (χ3n) is 3.90. The summed E-state index contributed by atoms with van der Waals surface area (Å²) in [5.41, 5.74) is 3.16. The van der Waals surface area contributed by atoms with Gasteiger partial charge in [-0.1, -0.05) is 6.07 Å². The highest BCUT2D eigenvalue weighted by Crippen LogP contribution is 2.28. The third-order valence-corrected chi connectivity index (χ3v) is 3.90. The van der Waals surface area contributed by atoms with E-state index in [4.69, 9.17) is 4.42 Å². The van der Waals surface area contributed by atoms with Crippen molar-refractivity contribution in [3.05, 3.63) is 29.7 Å². The smallest absolute Gasteiger partial charge is 0.192 e. The highest BCUT2D eigenvalue weighted by atomic mass is 16.3. The molecule has 0 spiro atoms. The highest BCUT2D eigenvalue weighted by Gasteiger charge is 2.19. The summed E-state index contributed by atoms with van der Waals surface area (Å²) in [5, 5.41) is 9.51. The average Bonchev–Trinajstić information content (AvgIpc) is 2.71. The fourth-order valence-electron chi connectivity index (χ4n) is 2.90. The molecule has 1 saturated carbocycles. The molecular weight excluding hydrogens is 226 g/mol. The maximum absolute atomic E-state index is 9.51. The second-order valence-corrected chi connectivity index (χ2v) is 5.41. The number of aryl methyl sites for hydroxylation is 1. The Hall–Kier alpha value is -1.35. The van der Waals surface area contributed by atoms with Gasteiger partial charge in [-0.3, -0.25) is 0 Å². The molecule has 3 rings (SSSR count). The molecule has 18 heavy (non-hydrogen) atoms. The van der Waals surface area contributed by atoms with Gasteiger partial charge < -0.3 is 9.52 Å². The van der Waals surface area contributed by atoms with E-state index in [-0.39, 0.29) is 6.10 Å². The van der Waals surface area contributed by atoms with Crippen molar-refractivity contribution in [2.75, 3.05) is 0 Å². The second kappa shape index (κ2) is 4.73. The van der Waals surface area contributed by atoms with Gasteiger partial charge in [0, 0.05) is 6.92 Å². The molecule has 1 N–H and O–H groups in total. The fourth-order valence-corrected chi connectivity index (χ4v) is 2.90. The number of fused-ring (bicyclic) bond motifs is 1. The van der Waals surface area contributed by atoms with Gasteiger partial charge in [-0.25, -0.2) is 4.98 Å². The van der Waals surface area contributed by atoms with Crippen LogP contribution in [0, 0.1) is 12.8 Å². The molecule has 1 heterocycles. The van der Waals surface area contributed by atoms with Gasteiger partial charge in [0.1, 0.15) is 5.52 Å². The quantitative estimate of drug-likeness (QED) is 0.883. The zero-order valence-electron chi connectivity index (χ0n) is 10.7. The summed E-state index contributed by atoms with van der Waals surface area (Å²) in [6.45, 7) is 1.88. The number of nitrogens with zero attached hydrogens (tertiary/aromatic N) is 1. The van der Waals surface area contributed by atoms with Crippen LogP contribution in [0.25, 0.3) is 11.1 Å². The van der Waals surface area contributed by atoms with Gasteiger partial charge in [-0.2, -0.15) is 0 Å². The van der Waals surface area contributed by atoms with Gasteiger partial charge in [-0.15, -0.1) is 0 Å². The molecule has 1 aromatic carbocycles. The number of benzene rings is 1. The van der Waals surface area contributed by atoms with Crippen LogP contribution in [0.2, 0.25) is 0 Å². The zero-order chi connectivity index (χ0) is 12.5. The van der Waals surface area contributed by atoms with Crippen molar-refractivity contribution in [3.63, 3.8) is 0 Å². The molecule has 0 radical (unpaired) electrons. The summed E-state index contributed by atoms with van der Waals surface area (Å²) in [4.78, 5) is 4.37. The van der Waals surface area contributed by atoms with Crippen LogP contribution < -0.4 is 0 Å². The summed E-state index contributed by atoms with van der Waals surface area (Å²) in [7, 11) is 0. The molecule has 3 nitrogen and oxygen atoms in total. The summed E-state index contributed by atoms with van der Waals surface area (Å²) in [6.07, 6.45) is 5.20. The minimum Gasteiger partial charge on any atom is -0.441 e. The van der Waals surface area contributed by atoms with E-state index >= 15 is 0 Å². The van der Waals surface area contributed by atoms with Crippen molar-refractivity contribution in [2.24, 2.45) is 5.92 Å². The van der Waals surface area contributed by atoms with Crippen LogP contribution in [0.15, 0.2) is 22.6 Å². The zero-order valence-corrected chi connectivity index (χ0v) is 10.7. The highest BCUT2D eigenvalue weighted by molar-refractivity contribution is 5.73. The monoisotopic (exact) mass is 245 g/mol. The predicted octanol–water partition coefficient (Wildman–Crippen LogP) is 3.23. The van der Waals surface area contributed by atoms with E-state index in [1.807, 2.05) is 13.0 Å². The Kier molecular flexibility index (Phi) is 3.08. The topological polar surface area (TPSA) is 46.3 Å². The van der Waals surface area contributed by atoms with Gasteiger partial charge in [-0.05, 0) is 55.7 Å². The van der Waals surface area contributed by atoms with E-state index in [9.17, 15) is 5.11 Å². The van der Waals surface area contributed by atoms with Gasteiger partial charge in [0.2, 0.25) is 0 Å². The molecule has 96 valence electrons. The molecule has 0 bridgehead atoms. The number of aliphatic hydroxyl groups is 1. The standard InChI is InChI=1S/C15H19NO2/c1-10-16-14-9-12(4-7-15(14)18-10)8-11-2-5-13(17)6-3-11/h4,7,9,11,13,17H,2-3,5-6,8H2,1H3. The molecule has 1 aliphatic rings. The van der Waals surface area contributed by atoms with E-state index in [1.165, 1.54) is 5.56 Å². The molecule has 0 unspecified atom stereocenters. The third kappa shape index (κ3) is 2.41. The van der Waals surface area contributed by atoms with Crippen LogP contribution in [0.1, 0.15) is 37.1 Å². The molecule has 3 heteroatoms. The number of hydrogen-bond acceptors (Lipinski definition) is 3. The number of rotatable bonds is 2. The molecule has 1 aromatic heterocycles. The number of aromatic nitrogens is 1. The van der Waals surface area contributed by atoms with Crippen molar-refractivity contribution in [2.45, 2.75) is 45.1 Å². The van der Waals surface area contributed by atoms with E-state index in [0.717, 1.165) is 49.1 Å². The Morgan fingerprint density at radius 3 is 2.83 bits per heavy atom. The lowest BCUT2D eigenvalue weighted by atomic mass is 9.83. The van der Waals surface area contributed by atoms with Gasteiger partial charge >= 0.3 is 0 Å². The Morgan fingerprint density at radius 2 is 2.06 bits per heavy atom. The number of aliphatic hydroxyl groups excluding tert-OH is 1. The van der Waals surface area contributed by atoms with Crippen LogP contribution in [0.4, 0.5) is 0 Å². The molecule has 0 saturated heterocycles. The first-order chi connectivity index (χ1) is 8.70. The largest absolute Gasteiger partial charge is 0.441 e. The first-order valence-electron chi connectivity index (χ1n) is 6.75. The molecule has 0 aliphatic heterocycles. The van der Waals surface area contributed by atoms with E-state index in [2.05, 4.69) is 17.1 Å². The Balaban J connectivity index is 1.74. The summed E-state index contributed by atoms with van der Waals surface area (Å²) in [6, 6.07) is 6.29. The van der Waals surface area contributed by atoms with Crippen molar-refractivity contribution >= 4 is 11.1 Å². The van der Waals surface area contributed by atoms with Crippen LogP contribution in [0.5, 0.6) is 0 Å². The SMILES string of the molecule is Cc1nc2cc(CC3CCC(O)CC3)ccc2o1. The van der Waals surface area contributed by atoms with Crippen molar-refractivity contribution in [1.82, 2.24) is 4.98 Å². The van der Waals surface area contributed by atoms with Gasteiger partial charge in [0.15, 0.2) is 11.5 Å². The summed E-state index contributed by atoms with van der Waals surface area (Å²) < 4.78 is 5.48. The number of oxazole rings is 1. The Morgan fingerprint density at radius 1 is 1.28 bits per heavy atom. The summed E-state index contributed by atoms with van der Waals surface area (Å²) in [5.74, 6) is 1.43. The first kappa shape index (κ1) is 11.7. The van der Waals surface area contributed by atoms with Crippen LogP contribution in [-0.4, -0.2) is 16.2 Å². The molecule has 2 aromatic rings. The Labute approximate surface area is 107 Å². The molecule has 1 aliphatic carbocycles. The maximum atomic E-state index is 9.51. The van der Waals surface area contributed by atoms with E-state index in [0.29, 0.717) is 5.92 Å². The normalized spacial score (nSPS) is 24.6. The van der Waals surface area contributed by atoms with E-state index < -0.39 is 0 Å². The van der Waals surface area contributed by atoms with E-state index in [1.54, 1.807) is 0 Å². The molecule has 1 fully saturated rings. The average molecular weight is 245 g/mol. The maximum Gasteiger partial charge on any atom is 0.192 e. The fraction of sp³-hybridized carbons (Fsp3) is 0.533. The van der Waals surface area contributed by atoms with Crippen LogP contribution >= 0.6 is 0 Å². The lowest BCUT2D eigenvalue weighted by Crippen LogP contribution is -2.19. The van der Waals surface area contributed by atoms with Gasteiger partial charge in [0.25, 0.3) is 0 Å². The van der Waals surface area contributed by atoms with Crippen LogP contribution in [-0.2, 0) is 6.42 Å². The first-order valence-corrected chi connectivity index (χ1v) is 6.75. The molecular formula is C15H19NO2. The van der Waals surface area contributed by atoms with Crippen molar-refractivity contribution < 1.29 is 9.52 Å².